The lowest BCUT2D eigenvalue weighted by atomic mass is 10.0. The van der Waals surface area contributed by atoms with Gasteiger partial charge in [0.15, 0.2) is 0 Å². The third-order valence-electron chi connectivity index (χ3n) is 3.86. The summed E-state index contributed by atoms with van der Waals surface area (Å²) in [4.78, 5) is 7.56. The molecular formula is C17H14FN5. The highest BCUT2D eigenvalue weighted by Gasteiger charge is 2.12. The second-order valence-electron chi connectivity index (χ2n) is 5.24. The summed E-state index contributed by atoms with van der Waals surface area (Å²) in [6.45, 7) is 2.79. The van der Waals surface area contributed by atoms with Crippen LogP contribution in [0.25, 0.3) is 33.5 Å². The normalized spacial score (nSPS) is 11.2. The number of aromatic nitrogens is 5. The first-order chi connectivity index (χ1) is 11.3. The summed E-state index contributed by atoms with van der Waals surface area (Å²) < 4.78 is 15.0. The number of hydrogen-bond acceptors (Lipinski definition) is 3. The highest BCUT2D eigenvalue weighted by molar-refractivity contribution is 5.85. The maximum absolute atomic E-state index is 13.1. The van der Waals surface area contributed by atoms with Gasteiger partial charge in [0.25, 0.3) is 0 Å². The van der Waals surface area contributed by atoms with Gasteiger partial charge in [0, 0.05) is 17.7 Å². The predicted octanol–water partition coefficient (Wildman–Crippen LogP) is 3.65. The lowest BCUT2D eigenvalue weighted by Crippen LogP contribution is -1.96. The van der Waals surface area contributed by atoms with Gasteiger partial charge in [-0.2, -0.15) is 0 Å². The molecule has 0 amide bonds. The summed E-state index contributed by atoms with van der Waals surface area (Å²) in [5, 5.41) is 8.27. The van der Waals surface area contributed by atoms with Crippen molar-refractivity contribution in [2.45, 2.75) is 13.5 Å². The predicted molar refractivity (Wildman–Crippen MR) is 86.2 cm³/mol. The van der Waals surface area contributed by atoms with E-state index in [9.17, 15) is 4.39 Å². The first-order valence-corrected chi connectivity index (χ1v) is 7.39. The molecule has 0 bridgehead atoms. The average Bonchev–Trinajstić information content (AvgIpc) is 3.21. The number of imidazole rings is 1. The van der Waals surface area contributed by atoms with E-state index < -0.39 is 0 Å². The lowest BCUT2D eigenvalue weighted by molar-refractivity contribution is 0.628. The molecule has 0 fully saturated rings. The van der Waals surface area contributed by atoms with Crippen LogP contribution in [0.4, 0.5) is 4.39 Å². The van der Waals surface area contributed by atoms with Gasteiger partial charge < -0.3 is 4.98 Å². The molecule has 114 valence electrons. The zero-order valence-electron chi connectivity index (χ0n) is 12.5. The van der Waals surface area contributed by atoms with Crippen LogP contribution in [0.15, 0.2) is 48.8 Å². The minimum Gasteiger partial charge on any atom is -0.344 e. The summed E-state index contributed by atoms with van der Waals surface area (Å²) >= 11 is 0. The van der Waals surface area contributed by atoms with Crippen LogP contribution >= 0.6 is 0 Å². The Labute approximate surface area is 131 Å². The number of halogens is 1. The molecule has 2 heterocycles. The van der Waals surface area contributed by atoms with Crippen molar-refractivity contribution in [3.8, 4) is 22.5 Å². The number of hydrogen-bond donors (Lipinski definition) is 1. The van der Waals surface area contributed by atoms with Gasteiger partial charge >= 0.3 is 0 Å². The summed E-state index contributed by atoms with van der Waals surface area (Å²) in [7, 11) is 0. The van der Waals surface area contributed by atoms with E-state index in [0.717, 1.165) is 40.1 Å². The minimum absolute atomic E-state index is 0.259. The summed E-state index contributed by atoms with van der Waals surface area (Å²) in [5.41, 5.74) is 5.38. The molecule has 4 aromatic rings. The Bertz CT molecular complexity index is 968. The van der Waals surface area contributed by atoms with Crippen LogP contribution < -0.4 is 0 Å². The van der Waals surface area contributed by atoms with E-state index in [1.807, 2.05) is 29.8 Å². The highest BCUT2D eigenvalue weighted by Crippen LogP contribution is 2.30. The highest BCUT2D eigenvalue weighted by atomic mass is 19.1. The van der Waals surface area contributed by atoms with Crippen molar-refractivity contribution in [3.05, 3.63) is 54.6 Å². The Morgan fingerprint density at radius 3 is 2.65 bits per heavy atom. The monoisotopic (exact) mass is 307 g/mol. The third-order valence-corrected chi connectivity index (χ3v) is 3.86. The van der Waals surface area contributed by atoms with E-state index in [1.54, 1.807) is 18.5 Å². The largest absolute Gasteiger partial charge is 0.344 e. The Morgan fingerprint density at radius 1 is 1.09 bits per heavy atom. The van der Waals surface area contributed by atoms with E-state index in [2.05, 4.69) is 20.3 Å². The van der Waals surface area contributed by atoms with E-state index in [-0.39, 0.29) is 5.82 Å². The molecule has 0 radical (unpaired) electrons. The molecule has 0 saturated carbocycles. The maximum atomic E-state index is 13.1. The van der Waals surface area contributed by atoms with Gasteiger partial charge in [-0.05, 0) is 43.3 Å². The number of rotatable bonds is 3. The Morgan fingerprint density at radius 2 is 1.87 bits per heavy atom. The maximum Gasteiger partial charge on any atom is 0.123 e. The Hall–Kier alpha value is -3.02. The molecule has 5 nitrogen and oxygen atoms in total. The van der Waals surface area contributed by atoms with Crippen LogP contribution in [0.3, 0.4) is 0 Å². The molecular weight excluding hydrogens is 293 g/mol. The van der Waals surface area contributed by atoms with Crippen LogP contribution in [-0.2, 0) is 6.54 Å². The van der Waals surface area contributed by atoms with Crippen molar-refractivity contribution < 1.29 is 4.39 Å². The van der Waals surface area contributed by atoms with Gasteiger partial charge in [-0.1, -0.05) is 11.3 Å². The Balaban J connectivity index is 1.85. The topological polar surface area (TPSA) is 59.4 Å². The van der Waals surface area contributed by atoms with E-state index in [0.29, 0.717) is 0 Å². The number of nitrogens with zero attached hydrogens (tertiary/aromatic N) is 4. The second-order valence-corrected chi connectivity index (χ2v) is 5.24. The van der Waals surface area contributed by atoms with E-state index in [1.165, 1.54) is 12.1 Å². The molecule has 0 spiro atoms. The second kappa shape index (κ2) is 5.31. The van der Waals surface area contributed by atoms with Gasteiger partial charge in [-0.25, -0.2) is 14.1 Å². The molecule has 1 N–H and O–H groups in total. The molecule has 6 heteroatoms. The van der Waals surface area contributed by atoms with Crippen LogP contribution in [0, 0.1) is 5.82 Å². The van der Waals surface area contributed by atoms with Crippen LogP contribution in [0.1, 0.15) is 6.92 Å². The number of aryl methyl sites for hydroxylation is 1. The van der Waals surface area contributed by atoms with Crippen molar-refractivity contribution in [1.29, 1.82) is 0 Å². The average molecular weight is 307 g/mol. The van der Waals surface area contributed by atoms with Gasteiger partial charge in [0.05, 0.1) is 23.2 Å². The number of fused-ring (bicyclic) bond motifs is 1. The van der Waals surface area contributed by atoms with Crippen molar-refractivity contribution >= 4 is 11.0 Å². The molecule has 0 unspecified atom stereocenters. The quantitative estimate of drug-likeness (QED) is 0.628. The third kappa shape index (κ3) is 2.28. The van der Waals surface area contributed by atoms with Crippen LogP contribution in [-0.4, -0.2) is 25.0 Å². The first-order valence-electron chi connectivity index (χ1n) is 7.39. The summed E-state index contributed by atoms with van der Waals surface area (Å²) in [6, 6.07) is 12.3. The van der Waals surface area contributed by atoms with Crippen LogP contribution in [0.5, 0.6) is 0 Å². The van der Waals surface area contributed by atoms with Gasteiger partial charge in [0.2, 0.25) is 0 Å². The van der Waals surface area contributed by atoms with Crippen molar-refractivity contribution in [1.82, 2.24) is 25.0 Å². The lowest BCUT2D eigenvalue weighted by Gasteiger charge is -2.04. The van der Waals surface area contributed by atoms with Crippen molar-refractivity contribution in [3.63, 3.8) is 0 Å². The zero-order chi connectivity index (χ0) is 15.8. The fourth-order valence-electron chi connectivity index (χ4n) is 2.70. The zero-order valence-corrected chi connectivity index (χ0v) is 12.5. The molecule has 0 aliphatic rings. The molecule has 2 aromatic heterocycles. The van der Waals surface area contributed by atoms with Crippen LogP contribution in [0.2, 0.25) is 0 Å². The molecule has 0 aliphatic carbocycles. The smallest absolute Gasteiger partial charge is 0.123 e. The molecule has 0 aliphatic heterocycles. The van der Waals surface area contributed by atoms with Gasteiger partial charge in [0.1, 0.15) is 11.3 Å². The number of H-pyrrole nitrogens is 1. The van der Waals surface area contributed by atoms with E-state index in [4.69, 9.17) is 0 Å². The molecule has 0 saturated heterocycles. The fraction of sp³-hybridized carbons (Fsp3) is 0.118. The number of benzene rings is 2. The molecule has 4 rings (SSSR count). The molecule has 23 heavy (non-hydrogen) atoms. The first kappa shape index (κ1) is 13.6. The Kier molecular flexibility index (Phi) is 3.15. The summed E-state index contributed by atoms with van der Waals surface area (Å²) in [6.07, 6.45) is 1.65. The number of aromatic amines is 1. The standard InChI is InChI=1S/C17H14FN5/c1-2-23-15-9-12(5-8-14(15)21-22-23)17-16(19-10-20-17)11-3-6-13(18)7-4-11/h3-10H,2H2,1H3,(H,19,20). The minimum atomic E-state index is -0.259. The number of nitrogens with one attached hydrogen (secondary N) is 1. The van der Waals surface area contributed by atoms with Crippen molar-refractivity contribution in [2.24, 2.45) is 0 Å². The fourth-order valence-corrected chi connectivity index (χ4v) is 2.70. The SMILES string of the molecule is CCn1nnc2ccc(-c3[nH]cnc3-c3ccc(F)cc3)cc21. The van der Waals surface area contributed by atoms with Crippen molar-refractivity contribution in [2.75, 3.05) is 0 Å². The molecule has 0 atom stereocenters. The summed E-state index contributed by atoms with van der Waals surface area (Å²) in [5.74, 6) is -0.259. The molecule has 2 aromatic carbocycles. The van der Waals surface area contributed by atoms with Gasteiger partial charge in [-0.3, -0.25) is 0 Å². The van der Waals surface area contributed by atoms with E-state index >= 15 is 0 Å². The van der Waals surface area contributed by atoms with Gasteiger partial charge in [-0.15, -0.1) is 5.10 Å².